The lowest BCUT2D eigenvalue weighted by molar-refractivity contribution is -0.134. The summed E-state index contributed by atoms with van der Waals surface area (Å²) in [6.45, 7) is 3.23. The van der Waals surface area contributed by atoms with E-state index in [1.54, 1.807) is 0 Å². The van der Waals surface area contributed by atoms with Crippen molar-refractivity contribution in [2.75, 3.05) is 31.9 Å². The van der Waals surface area contributed by atoms with Crippen LogP contribution >= 0.6 is 11.8 Å². The van der Waals surface area contributed by atoms with Gasteiger partial charge in [-0.1, -0.05) is 18.2 Å². The van der Waals surface area contributed by atoms with E-state index < -0.39 is 0 Å². The monoisotopic (exact) mass is 387 g/mol. The third-order valence-electron chi connectivity index (χ3n) is 6.03. The molecule has 6 heteroatoms. The van der Waals surface area contributed by atoms with Gasteiger partial charge in [-0.25, -0.2) is 0 Å². The molecule has 3 aliphatic rings. The third kappa shape index (κ3) is 4.32. The van der Waals surface area contributed by atoms with Crippen molar-refractivity contribution in [3.05, 3.63) is 29.8 Å². The molecule has 4 rings (SSSR count). The number of thioether (sulfide) groups is 1. The van der Waals surface area contributed by atoms with E-state index in [1.807, 2.05) is 22.7 Å². The molecule has 0 aliphatic carbocycles. The highest BCUT2D eigenvalue weighted by atomic mass is 32.2. The molecule has 0 saturated carbocycles. The molecule has 1 aromatic rings. The molecule has 0 radical (unpaired) electrons. The Labute approximate surface area is 165 Å². The van der Waals surface area contributed by atoms with Crippen molar-refractivity contribution >= 4 is 23.6 Å². The summed E-state index contributed by atoms with van der Waals surface area (Å²) < 4.78 is 0. The molecule has 3 atom stereocenters. The van der Waals surface area contributed by atoms with Crippen LogP contribution in [0.5, 0.6) is 0 Å². The fraction of sp³-hybridized carbons (Fsp3) is 0.619. The Bertz CT molecular complexity index is 690. The highest BCUT2D eigenvalue weighted by molar-refractivity contribution is 7.99. The van der Waals surface area contributed by atoms with Crippen molar-refractivity contribution in [1.82, 2.24) is 15.5 Å². The second-order valence-corrected chi connectivity index (χ2v) is 9.05. The number of likely N-dealkylation sites (tertiary alicyclic amines) is 1. The van der Waals surface area contributed by atoms with Gasteiger partial charge in [-0.05, 0) is 61.9 Å². The van der Waals surface area contributed by atoms with Gasteiger partial charge in [0.25, 0.3) is 0 Å². The quantitative estimate of drug-likeness (QED) is 0.833. The third-order valence-corrected chi connectivity index (χ3v) is 7.15. The van der Waals surface area contributed by atoms with E-state index >= 15 is 0 Å². The van der Waals surface area contributed by atoms with Gasteiger partial charge in [-0.3, -0.25) is 9.59 Å². The van der Waals surface area contributed by atoms with E-state index in [9.17, 15) is 9.59 Å². The van der Waals surface area contributed by atoms with Crippen molar-refractivity contribution in [3.63, 3.8) is 0 Å². The first kappa shape index (κ1) is 18.8. The smallest absolute Gasteiger partial charge is 0.237 e. The van der Waals surface area contributed by atoms with E-state index in [4.69, 9.17) is 0 Å². The Balaban J connectivity index is 1.34. The molecule has 146 valence electrons. The topological polar surface area (TPSA) is 61.4 Å². The van der Waals surface area contributed by atoms with Gasteiger partial charge in [-0.15, -0.1) is 11.8 Å². The zero-order valence-corrected chi connectivity index (χ0v) is 16.6. The zero-order valence-electron chi connectivity index (χ0n) is 15.8. The maximum Gasteiger partial charge on any atom is 0.237 e. The first-order valence-electron chi connectivity index (χ1n) is 10.2. The van der Waals surface area contributed by atoms with Crippen LogP contribution in [0.4, 0.5) is 0 Å². The molecule has 0 spiro atoms. The average molecular weight is 388 g/mol. The van der Waals surface area contributed by atoms with Gasteiger partial charge in [0.1, 0.15) is 0 Å². The number of benzene rings is 1. The molecule has 0 bridgehead atoms. The van der Waals surface area contributed by atoms with E-state index in [-0.39, 0.29) is 23.8 Å². The molecule has 3 aliphatic heterocycles. The fourth-order valence-corrected chi connectivity index (χ4v) is 5.65. The molecule has 3 unspecified atom stereocenters. The normalized spacial score (nSPS) is 27.9. The van der Waals surface area contributed by atoms with Crippen LogP contribution < -0.4 is 10.6 Å². The summed E-state index contributed by atoms with van der Waals surface area (Å²) in [5, 5.41) is 6.35. The van der Waals surface area contributed by atoms with Crippen LogP contribution in [0, 0.1) is 5.92 Å². The zero-order chi connectivity index (χ0) is 18.6. The number of nitrogens with zero attached hydrogens (tertiary/aromatic N) is 1. The van der Waals surface area contributed by atoms with E-state index in [1.165, 1.54) is 10.5 Å². The highest BCUT2D eigenvalue weighted by Crippen LogP contribution is 2.38. The summed E-state index contributed by atoms with van der Waals surface area (Å²) in [5.74, 6) is 1.76. The summed E-state index contributed by atoms with van der Waals surface area (Å²) in [6, 6.07) is 8.31. The summed E-state index contributed by atoms with van der Waals surface area (Å²) in [5.41, 5.74) is 1.20. The van der Waals surface area contributed by atoms with Crippen LogP contribution in [-0.4, -0.2) is 54.7 Å². The Kier molecular flexibility index (Phi) is 6.03. The fourth-order valence-electron chi connectivity index (χ4n) is 4.53. The van der Waals surface area contributed by atoms with Crippen molar-refractivity contribution in [1.29, 1.82) is 0 Å². The van der Waals surface area contributed by atoms with Gasteiger partial charge < -0.3 is 15.5 Å². The number of fused-ring (bicyclic) bond motifs is 1. The number of piperidine rings is 1. The second-order valence-electron chi connectivity index (χ2n) is 7.91. The van der Waals surface area contributed by atoms with Crippen LogP contribution in [0.3, 0.4) is 0 Å². The lowest BCUT2D eigenvalue weighted by Gasteiger charge is -2.36. The first-order chi connectivity index (χ1) is 13.2. The molecular formula is C21H29N3O2S. The molecular weight excluding hydrogens is 358 g/mol. The van der Waals surface area contributed by atoms with E-state index in [0.29, 0.717) is 12.5 Å². The predicted molar refractivity (Wildman–Crippen MR) is 108 cm³/mol. The van der Waals surface area contributed by atoms with Crippen LogP contribution in [0.2, 0.25) is 0 Å². The number of carbonyl (C=O) groups is 2. The van der Waals surface area contributed by atoms with Gasteiger partial charge in [0.2, 0.25) is 11.8 Å². The predicted octanol–water partition coefficient (Wildman–Crippen LogP) is 2.37. The molecule has 2 fully saturated rings. The standard InChI is InChI=1S/C21H29N3O2S/c25-20(18-7-3-10-22-18)23-13-15-5-4-11-24(14-15)21(26)17-9-12-27-19-8-2-1-6-16(17)19/h1-2,6,8,15,17-18,22H,3-5,7,9-14H2,(H,23,25). The largest absolute Gasteiger partial charge is 0.354 e. The van der Waals surface area contributed by atoms with Crippen molar-refractivity contribution in [2.24, 2.45) is 5.92 Å². The average Bonchev–Trinajstić information content (AvgIpc) is 3.26. The molecule has 2 amide bonds. The molecule has 2 saturated heterocycles. The lowest BCUT2D eigenvalue weighted by atomic mass is 9.91. The number of carbonyl (C=O) groups excluding carboxylic acids is 2. The molecule has 3 heterocycles. The Hall–Kier alpha value is -1.53. The Morgan fingerprint density at radius 3 is 2.93 bits per heavy atom. The molecule has 2 N–H and O–H groups in total. The lowest BCUT2D eigenvalue weighted by Crippen LogP contribution is -2.47. The summed E-state index contributed by atoms with van der Waals surface area (Å²) in [6.07, 6.45) is 5.03. The number of amides is 2. The minimum atomic E-state index is -0.0254. The van der Waals surface area contributed by atoms with Crippen LogP contribution in [0.15, 0.2) is 29.2 Å². The number of hydrogen-bond acceptors (Lipinski definition) is 4. The number of hydrogen-bond donors (Lipinski definition) is 2. The van der Waals surface area contributed by atoms with Crippen molar-refractivity contribution in [3.8, 4) is 0 Å². The van der Waals surface area contributed by atoms with Gasteiger partial charge in [0.15, 0.2) is 0 Å². The highest BCUT2D eigenvalue weighted by Gasteiger charge is 2.33. The number of rotatable bonds is 4. The van der Waals surface area contributed by atoms with Gasteiger partial charge in [0, 0.05) is 24.5 Å². The first-order valence-corrected chi connectivity index (χ1v) is 11.2. The van der Waals surface area contributed by atoms with Crippen LogP contribution in [-0.2, 0) is 9.59 Å². The van der Waals surface area contributed by atoms with Crippen molar-refractivity contribution in [2.45, 2.75) is 49.0 Å². The maximum atomic E-state index is 13.2. The molecule has 1 aromatic carbocycles. The summed E-state index contributed by atoms with van der Waals surface area (Å²) in [4.78, 5) is 28.8. The van der Waals surface area contributed by atoms with Crippen LogP contribution in [0.25, 0.3) is 0 Å². The van der Waals surface area contributed by atoms with Crippen LogP contribution in [0.1, 0.15) is 43.6 Å². The van der Waals surface area contributed by atoms with Gasteiger partial charge in [-0.2, -0.15) is 0 Å². The summed E-state index contributed by atoms with van der Waals surface area (Å²) >= 11 is 1.86. The maximum absolute atomic E-state index is 13.2. The van der Waals surface area contributed by atoms with Crippen molar-refractivity contribution < 1.29 is 9.59 Å². The minimum Gasteiger partial charge on any atom is -0.354 e. The second kappa shape index (κ2) is 8.65. The van der Waals surface area contributed by atoms with E-state index in [0.717, 1.165) is 57.5 Å². The number of nitrogens with one attached hydrogen (secondary N) is 2. The summed E-state index contributed by atoms with van der Waals surface area (Å²) in [7, 11) is 0. The molecule has 0 aromatic heterocycles. The van der Waals surface area contributed by atoms with E-state index in [2.05, 4.69) is 28.8 Å². The molecule has 5 nitrogen and oxygen atoms in total. The Morgan fingerprint density at radius 2 is 2.07 bits per heavy atom. The minimum absolute atomic E-state index is 0.00141. The van der Waals surface area contributed by atoms with Gasteiger partial charge in [0.05, 0.1) is 12.0 Å². The Morgan fingerprint density at radius 1 is 1.19 bits per heavy atom. The SMILES string of the molecule is O=C(NCC1CCCN(C(=O)C2CCSc3ccccc32)C1)C1CCCN1. The van der Waals surface area contributed by atoms with Gasteiger partial charge >= 0.3 is 0 Å². The molecule has 27 heavy (non-hydrogen) atoms.